The van der Waals surface area contributed by atoms with Gasteiger partial charge in [-0.25, -0.2) is 4.57 Å². The summed E-state index contributed by atoms with van der Waals surface area (Å²) in [7, 11) is 0. The van der Waals surface area contributed by atoms with Gasteiger partial charge in [-0.05, 0) is 18.2 Å². The molecule has 0 radical (unpaired) electrons. The number of anilines is 1. The fourth-order valence-corrected chi connectivity index (χ4v) is 2.52. The molecule has 2 aromatic rings. The highest BCUT2D eigenvalue weighted by atomic mass is 32.1. The predicted molar refractivity (Wildman–Crippen MR) is 70.7 cm³/mol. The van der Waals surface area contributed by atoms with Crippen molar-refractivity contribution in [2.75, 3.05) is 18.9 Å². The second-order valence-corrected chi connectivity index (χ2v) is 5.08. The zero-order valence-electron chi connectivity index (χ0n) is 10.2. The maximum Gasteiger partial charge on any atom is 0.332 e. The van der Waals surface area contributed by atoms with Crippen LogP contribution in [-0.2, 0) is 6.54 Å². The minimum Gasteiger partial charge on any atom is -0.486 e. The van der Waals surface area contributed by atoms with Crippen LogP contribution < -0.4 is 19.8 Å². The highest BCUT2D eigenvalue weighted by molar-refractivity contribution is 7.12. The van der Waals surface area contributed by atoms with E-state index in [0.717, 1.165) is 0 Å². The molecule has 0 atom stereocenters. The van der Waals surface area contributed by atoms with Gasteiger partial charge in [0.2, 0.25) is 5.78 Å². The molecule has 0 saturated heterocycles. The first-order valence-corrected chi connectivity index (χ1v) is 6.77. The molecule has 0 bridgehead atoms. The number of carbonyl (C=O) groups is 1. The molecular weight excluding hydrogens is 264 g/mol. The average molecular weight is 277 g/mol. The first kappa shape index (κ1) is 12.0. The Bertz CT molecular complexity index is 624. The average Bonchev–Trinajstić information content (AvgIpc) is 2.84. The van der Waals surface area contributed by atoms with E-state index in [4.69, 9.17) is 15.2 Å². The summed E-state index contributed by atoms with van der Waals surface area (Å²) in [6.45, 7) is 1.29. The minimum absolute atomic E-state index is 0.00734. The number of Topliss-reactive ketones (excluding diaryl/α,β-unsaturated/α-hetero) is 1. The van der Waals surface area contributed by atoms with Gasteiger partial charge in [0.1, 0.15) is 19.4 Å². The lowest BCUT2D eigenvalue weighted by molar-refractivity contribution is -0.664. The molecule has 6 heteroatoms. The molecule has 5 nitrogen and oxygen atoms in total. The summed E-state index contributed by atoms with van der Waals surface area (Å²) in [6.07, 6.45) is 1.80. The summed E-state index contributed by atoms with van der Waals surface area (Å²) < 4.78 is 12.6. The Balaban J connectivity index is 1.82. The lowest BCUT2D eigenvalue weighted by Gasteiger charge is -2.18. The number of nitrogen functional groups attached to an aromatic ring is 1. The first-order chi connectivity index (χ1) is 9.24. The monoisotopic (exact) mass is 277 g/mol. The van der Waals surface area contributed by atoms with Crippen LogP contribution in [0.25, 0.3) is 0 Å². The van der Waals surface area contributed by atoms with Crippen LogP contribution in [0.5, 0.6) is 11.5 Å². The number of nitrogens with two attached hydrogens (primary N) is 1. The number of rotatable bonds is 3. The van der Waals surface area contributed by atoms with Gasteiger partial charge < -0.3 is 9.47 Å². The summed E-state index contributed by atoms with van der Waals surface area (Å²) in [5.41, 5.74) is 6.36. The molecule has 2 N–H and O–H groups in total. The molecule has 0 saturated carbocycles. The van der Waals surface area contributed by atoms with Gasteiger partial charge in [0, 0.05) is 10.9 Å². The first-order valence-electron chi connectivity index (χ1n) is 5.89. The van der Waals surface area contributed by atoms with E-state index < -0.39 is 0 Å². The van der Waals surface area contributed by atoms with Crippen LogP contribution in [0.4, 0.5) is 5.13 Å². The van der Waals surface area contributed by atoms with E-state index in [0.29, 0.717) is 35.4 Å². The summed E-state index contributed by atoms with van der Waals surface area (Å²) in [4.78, 5) is 12.2. The summed E-state index contributed by atoms with van der Waals surface area (Å²) >= 11 is 1.41. The van der Waals surface area contributed by atoms with Gasteiger partial charge in [0.15, 0.2) is 18.0 Å². The van der Waals surface area contributed by atoms with Crippen molar-refractivity contribution in [3.05, 3.63) is 35.3 Å². The lowest BCUT2D eigenvalue weighted by atomic mass is 10.1. The van der Waals surface area contributed by atoms with Crippen molar-refractivity contribution in [3.63, 3.8) is 0 Å². The number of ether oxygens (including phenoxy) is 2. The van der Waals surface area contributed by atoms with Crippen molar-refractivity contribution in [1.82, 2.24) is 0 Å². The highest BCUT2D eigenvalue weighted by Crippen LogP contribution is 2.30. The Labute approximate surface area is 114 Å². The van der Waals surface area contributed by atoms with Gasteiger partial charge in [-0.1, -0.05) is 11.3 Å². The van der Waals surface area contributed by atoms with E-state index in [9.17, 15) is 4.79 Å². The van der Waals surface area contributed by atoms with E-state index in [1.54, 1.807) is 29.0 Å². The predicted octanol–water partition coefficient (Wildman–Crippen LogP) is 1.27. The molecule has 1 aromatic heterocycles. The van der Waals surface area contributed by atoms with Gasteiger partial charge in [0.05, 0.1) is 0 Å². The van der Waals surface area contributed by atoms with E-state index in [1.807, 2.05) is 5.38 Å². The smallest absolute Gasteiger partial charge is 0.332 e. The number of carbonyl (C=O) groups excluding carboxylic acids is 1. The number of aromatic nitrogens is 1. The van der Waals surface area contributed by atoms with E-state index in [2.05, 4.69) is 0 Å². The molecule has 0 fully saturated rings. The topological polar surface area (TPSA) is 65.4 Å². The molecule has 3 rings (SSSR count). The number of nitrogens with zero attached hydrogens (tertiary/aromatic N) is 1. The number of fused-ring (bicyclic) bond motifs is 1. The SMILES string of the molecule is Nc1scc[n+]1CC(=O)c1ccc2c(c1)OCCO2. The quantitative estimate of drug-likeness (QED) is 0.678. The Kier molecular flexibility index (Phi) is 3.08. The minimum atomic E-state index is -0.00734. The van der Waals surface area contributed by atoms with E-state index in [-0.39, 0.29) is 12.3 Å². The number of hydrogen-bond acceptors (Lipinski definition) is 5. The molecule has 0 spiro atoms. The number of hydrogen-bond donors (Lipinski definition) is 1. The second kappa shape index (κ2) is 4.89. The van der Waals surface area contributed by atoms with Crippen LogP contribution in [0.1, 0.15) is 10.4 Å². The summed E-state index contributed by atoms with van der Waals surface area (Å²) in [5.74, 6) is 1.30. The normalized spacial score (nSPS) is 13.3. The number of thiazole rings is 1. The molecule has 1 aliphatic rings. The van der Waals surface area contributed by atoms with Crippen LogP contribution >= 0.6 is 11.3 Å². The molecule has 0 amide bonds. The maximum absolute atomic E-state index is 12.2. The third-order valence-electron chi connectivity index (χ3n) is 2.89. The fourth-order valence-electron chi connectivity index (χ4n) is 1.91. The van der Waals surface area contributed by atoms with Gasteiger partial charge in [-0.2, -0.15) is 0 Å². The number of ketones is 1. The van der Waals surface area contributed by atoms with Gasteiger partial charge in [0.25, 0.3) is 0 Å². The fraction of sp³-hybridized carbons (Fsp3) is 0.231. The van der Waals surface area contributed by atoms with E-state index >= 15 is 0 Å². The maximum atomic E-state index is 12.2. The van der Waals surface area contributed by atoms with Crippen molar-refractivity contribution in [1.29, 1.82) is 0 Å². The van der Waals surface area contributed by atoms with Crippen molar-refractivity contribution in [3.8, 4) is 11.5 Å². The zero-order valence-corrected chi connectivity index (χ0v) is 11.0. The van der Waals surface area contributed by atoms with Crippen LogP contribution in [-0.4, -0.2) is 19.0 Å². The van der Waals surface area contributed by atoms with Crippen molar-refractivity contribution in [2.45, 2.75) is 6.54 Å². The van der Waals surface area contributed by atoms with Crippen molar-refractivity contribution < 1.29 is 18.8 Å². The molecular formula is C13H13N2O3S+. The van der Waals surface area contributed by atoms with Crippen molar-refractivity contribution >= 4 is 22.3 Å². The van der Waals surface area contributed by atoms with E-state index in [1.165, 1.54) is 11.3 Å². The molecule has 0 unspecified atom stereocenters. The molecule has 1 aliphatic heterocycles. The zero-order chi connectivity index (χ0) is 13.2. The standard InChI is InChI=1S/C13H12N2O3S/c14-13-15(3-6-19-13)8-10(16)9-1-2-11-12(7-9)18-5-4-17-11/h1-3,6-7,14H,4-5,8H2/p+1. The van der Waals surface area contributed by atoms with Crippen molar-refractivity contribution in [2.24, 2.45) is 0 Å². The third-order valence-corrected chi connectivity index (χ3v) is 3.62. The van der Waals surface area contributed by atoms with Crippen LogP contribution in [0, 0.1) is 0 Å². The molecule has 19 heavy (non-hydrogen) atoms. The van der Waals surface area contributed by atoms with Crippen LogP contribution in [0.3, 0.4) is 0 Å². The Morgan fingerprint density at radius 3 is 2.84 bits per heavy atom. The highest BCUT2D eigenvalue weighted by Gasteiger charge is 2.17. The molecule has 1 aromatic carbocycles. The summed E-state index contributed by atoms with van der Waals surface area (Å²) in [6, 6.07) is 5.24. The summed E-state index contributed by atoms with van der Waals surface area (Å²) in [5, 5.41) is 2.47. The molecule has 0 aliphatic carbocycles. The van der Waals surface area contributed by atoms with Gasteiger partial charge in [-0.15, -0.1) is 0 Å². The Hall–Kier alpha value is -2.08. The third kappa shape index (κ3) is 2.39. The second-order valence-electron chi connectivity index (χ2n) is 4.15. The van der Waals surface area contributed by atoms with Gasteiger partial charge >= 0.3 is 5.13 Å². The Morgan fingerprint density at radius 1 is 1.32 bits per heavy atom. The van der Waals surface area contributed by atoms with Crippen LogP contribution in [0.15, 0.2) is 29.8 Å². The van der Waals surface area contributed by atoms with Gasteiger partial charge in [-0.3, -0.25) is 10.5 Å². The molecule has 98 valence electrons. The number of benzene rings is 1. The largest absolute Gasteiger partial charge is 0.486 e. The van der Waals surface area contributed by atoms with Crippen LogP contribution in [0.2, 0.25) is 0 Å². The molecule has 2 heterocycles. The Morgan fingerprint density at radius 2 is 2.11 bits per heavy atom. The lowest BCUT2D eigenvalue weighted by Crippen LogP contribution is -2.38.